The zero-order valence-electron chi connectivity index (χ0n) is 20.9. The van der Waals surface area contributed by atoms with E-state index in [0.717, 1.165) is 63.4 Å². The molecule has 2 saturated heterocycles. The van der Waals surface area contributed by atoms with E-state index in [2.05, 4.69) is 40.2 Å². The number of aliphatic carboxylic acids is 2. The molecule has 36 heavy (non-hydrogen) atoms. The van der Waals surface area contributed by atoms with Gasteiger partial charge in [-0.15, -0.1) is 0 Å². The number of halogens is 1. The van der Waals surface area contributed by atoms with E-state index < -0.39 is 11.9 Å². The summed E-state index contributed by atoms with van der Waals surface area (Å²) in [6.07, 6.45) is 2.29. The number of piperidine rings is 1. The molecule has 0 spiro atoms. The highest BCUT2D eigenvalue weighted by Gasteiger charge is 2.35. The Labute approximate surface area is 211 Å². The Balaban J connectivity index is 0.000000538. The number of rotatable bonds is 6. The van der Waals surface area contributed by atoms with Crippen LogP contribution in [0.4, 0.5) is 4.39 Å². The molecule has 0 amide bonds. The molecular weight excluding hydrogens is 465 g/mol. The lowest BCUT2D eigenvalue weighted by atomic mass is 9.83. The lowest BCUT2D eigenvalue weighted by molar-refractivity contribution is -0.159. The predicted molar refractivity (Wildman–Crippen MR) is 134 cm³/mol. The third kappa shape index (κ3) is 7.74. The third-order valence-corrected chi connectivity index (χ3v) is 6.93. The van der Waals surface area contributed by atoms with E-state index in [-0.39, 0.29) is 5.82 Å². The minimum absolute atomic E-state index is 0.128. The Morgan fingerprint density at radius 1 is 1.08 bits per heavy atom. The number of carbonyl (C=O) groups is 2. The Hall–Kier alpha value is -3.01. The normalized spacial score (nSPS) is 20.1. The van der Waals surface area contributed by atoms with Gasteiger partial charge in [-0.3, -0.25) is 9.80 Å². The quantitative estimate of drug-likeness (QED) is 0.519. The second-order valence-corrected chi connectivity index (χ2v) is 9.36. The summed E-state index contributed by atoms with van der Waals surface area (Å²) in [5.41, 5.74) is 2.46. The van der Waals surface area contributed by atoms with Crippen LogP contribution in [0.15, 0.2) is 48.5 Å². The van der Waals surface area contributed by atoms with Crippen LogP contribution in [0.3, 0.4) is 0 Å². The van der Waals surface area contributed by atoms with Crippen LogP contribution < -0.4 is 10.1 Å². The van der Waals surface area contributed by atoms with Crippen LogP contribution in [-0.2, 0) is 16.1 Å². The molecule has 0 saturated carbocycles. The van der Waals surface area contributed by atoms with E-state index in [1.54, 1.807) is 19.2 Å². The number of nitrogens with one attached hydrogen (secondary N) is 1. The fourth-order valence-corrected chi connectivity index (χ4v) is 5.11. The van der Waals surface area contributed by atoms with Gasteiger partial charge >= 0.3 is 11.9 Å². The Kier molecular flexibility index (Phi) is 10.2. The molecule has 2 aromatic rings. The number of hydrogen-bond donors (Lipinski definition) is 3. The van der Waals surface area contributed by atoms with Crippen molar-refractivity contribution in [1.82, 2.24) is 15.1 Å². The molecule has 0 unspecified atom stereocenters. The summed E-state index contributed by atoms with van der Waals surface area (Å²) in [5.74, 6) is -2.32. The number of carboxylic acid groups (broad SMARTS) is 2. The third-order valence-electron chi connectivity index (χ3n) is 6.93. The van der Waals surface area contributed by atoms with Gasteiger partial charge < -0.3 is 20.3 Å². The number of nitrogens with zero attached hydrogens (tertiary/aromatic N) is 2. The fourth-order valence-electron chi connectivity index (χ4n) is 5.11. The molecule has 3 N–H and O–H groups in total. The van der Waals surface area contributed by atoms with Crippen molar-refractivity contribution < 1.29 is 28.9 Å². The van der Waals surface area contributed by atoms with E-state index in [1.807, 2.05) is 18.2 Å². The molecule has 9 heteroatoms. The molecule has 2 fully saturated rings. The lowest BCUT2D eigenvalue weighted by Gasteiger charge is -2.46. The van der Waals surface area contributed by atoms with Crippen LogP contribution in [0, 0.1) is 11.7 Å². The largest absolute Gasteiger partial charge is 0.497 e. The molecule has 196 valence electrons. The first kappa shape index (κ1) is 27.6. The van der Waals surface area contributed by atoms with E-state index in [9.17, 15) is 4.39 Å². The van der Waals surface area contributed by atoms with E-state index in [0.29, 0.717) is 18.0 Å². The molecule has 2 heterocycles. The van der Waals surface area contributed by atoms with Gasteiger partial charge in [0.15, 0.2) is 0 Å². The van der Waals surface area contributed by atoms with Gasteiger partial charge in [-0.2, -0.15) is 0 Å². The highest BCUT2D eigenvalue weighted by atomic mass is 19.1. The van der Waals surface area contributed by atoms with Crippen molar-refractivity contribution in [2.45, 2.75) is 38.4 Å². The van der Waals surface area contributed by atoms with Gasteiger partial charge in [-0.05, 0) is 74.2 Å². The van der Waals surface area contributed by atoms with Crippen LogP contribution in [0.2, 0.25) is 0 Å². The van der Waals surface area contributed by atoms with Crippen LogP contribution in [0.5, 0.6) is 5.75 Å². The zero-order chi connectivity index (χ0) is 26.1. The van der Waals surface area contributed by atoms with Crippen molar-refractivity contribution in [3.05, 3.63) is 65.5 Å². The van der Waals surface area contributed by atoms with Crippen molar-refractivity contribution >= 4 is 11.9 Å². The Morgan fingerprint density at radius 2 is 1.75 bits per heavy atom. The topological polar surface area (TPSA) is 102 Å². The van der Waals surface area contributed by atoms with E-state index in [4.69, 9.17) is 24.5 Å². The molecular formula is C27H36FN3O5. The minimum atomic E-state index is -1.82. The molecule has 2 atom stereocenters. The summed E-state index contributed by atoms with van der Waals surface area (Å²) in [7, 11) is 1.70. The van der Waals surface area contributed by atoms with Gasteiger partial charge in [-0.25, -0.2) is 14.0 Å². The van der Waals surface area contributed by atoms with Crippen molar-refractivity contribution in [2.75, 3.05) is 39.8 Å². The number of likely N-dealkylation sites (tertiary alicyclic amines) is 1. The molecule has 2 aliphatic rings. The molecule has 0 aromatic heterocycles. The Morgan fingerprint density at radius 3 is 2.31 bits per heavy atom. The summed E-state index contributed by atoms with van der Waals surface area (Å²) < 4.78 is 19.3. The maximum absolute atomic E-state index is 14.1. The monoisotopic (exact) mass is 501 g/mol. The van der Waals surface area contributed by atoms with E-state index >= 15 is 0 Å². The van der Waals surface area contributed by atoms with Gasteiger partial charge in [0.25, 0.3) is 0 Å². The minimum Gasteiger partial charge on any atom is -0.497 e. The van der Waals surface area contributed by atoms with E-state index in [1.165, 1.54) is 5.56 Å². The molecule has 0 bridgehead atoms. The molecule has 2 aliphatic heterocycles. The van der Waals surface area contributed by atoms with Gasteiger partial charge in [0.2, 0.25) is 0 Å². The van der Waals surface area contributed by atoms with Gasteiger partial charge in [0.05, 0.1) is 7.11 Å². The molecule has 2 aromatic carbocycles. The highest BCUT2D eigenvalue weighted by molar-refractivity contribution is 6.27. The number of ether oxygens (including phenoxy) is 1. The fraction of sp³-hybridized carbons (Fsp3) is 0.481. The van der Waals surface area contributed by atoms with Gasteiger partial charge in [0, 0.05) is 38.3 Å². The first-order valence-corrected chi connectivity index (χ1v) is 12.3. The number of methoxy groups -OCH3 is 1. The predicted octanol–water partition coefficient (Wildman–Crippen LogP) is 3.24. The molecule has 0 radical (unpaired) electrons. The summed E-state index contributed by atoms with van der Waals surface area (Å²) in [6.45, 7) is 8.47. The summed E-state index contributed by atoms with van der Waals surface area (Å²) in [5, 5.41) is 18.3. The van der Waals surface area contributed by atoms with Crippen molar-refractivity contribution in [2.24, 2.45) is 5.92 Å². The van der Waals surface area contributed by atoms with Crippen molar-refractivity contribution in [3.8, 4) is 5.75 Å². The number of hydrogen-bond acceptors (Lipinski definition) is 6. The number of piperazine rings is 1. The van der Waals surface area contributed by atoms with Crippen LogP contribution >= 0.6 is 0 Å². The number of carboxylic acids is 2. The second kappa shape index (κ2) is 13.3. The standard InChI is InChI=1S/C25H34FN3O.C2H2O4/c1-19-17-27-12-15-29(19)25(22-4-3-5-23(26)16-22)21-10-13-28(14-11-21)18-20-6-8-24(30-2)9-7-20;3-1(4)2(5)6/h3-9,16,19,21,25,27H,10-15,17-18H2,1-2H3;(H,3,4)(H,5,6)/t19-,25+;/m0./s1. The average molecular weight is 502 g/mol. The summed E-state index contributed by atoms with van der Waals surface area (Å²) >= 11 is 0. The first-order valence-electron chi connectivity index (χ1n) is 12.3. The molecule has 0 aliphatic carbocycles. The summed E-state index contributed by atoms with van der Waals surface area (Å²) in [6, 6.07) is 16.4. The molecule has 8 nitrogen and oxygen atoms in total. The Bertz CT molecular complexity index is 983. The first-order chi connectivity index (χ1) is 17.3. The van der Waals surface area contributed by atoms with Crippen LogP contribution in [-0.4, -0.2) is 77.8 Å². The SMILES string of the molecule is COc1ccc(CN2CCC([C@H](c3cccc(F)c3)N3CCNC[C@@H]3C)CC2)cc1.O=C(O)C(=O)O. The second-order valence-electron chi connectivity index (χ2n) is 9.36. The van der Waals surface area contributed by atoms with Crippen molar-refractivity contribution in [3.63, 3.8) is 0 Å². The summed E-state index contributed by atoms with van der Waals surface area (Å²) in [4.78, 5) is 23.3. The van der Waals surface area contributed by atoms with Crippen LogP contribution in [0.1, 0.15) is 36.9 Å². The van der Waals surface area contributed by atoms with Crippen LogP contribution in [0.25, 0.3) is 0 Å². The lowest BCUT2D eigenvalue weighted by Crippen LogP contribution is -2.53. The highest BCUT2D eigenvalue weighted by Crippen LogP contribution is 2.37. The van der Waals surface area contributed by atoms with Crippen molar-refractivity contribution in [1.29, 1.82) is 0 Å². The maximum atomic E-state index is 14.1. The zero-order valence-corrected chi connectivity index (χ0v) is 20.9. The maximum Gasteiger partial charge on any atom is 0.414 e. The number of benzene rings is 2. The average Bonchev–Trinajstić information content (AvgIpc) is 2.87. The van der Waals surface area contributed by atoms with Gasteiger partial charge in [0.1, 0.15) is 11.6 Å². The molecule has 4 rings (SSSR count). The smallest absolute Gasteiger partial charge is 0.414 e. The van der Waals surface area contributed by atoms with Gasteiger partial charge in [-0.1, -0.05) is 24.3 Å².